The lowest BCUT2D eigenvalue weighted by Gasteiger charge is -2.09. The number of H-pyrrole nitrogens is 2. The highest BCUT2D eigenvalue weighted by Crippen LogP contribution is 2.28. The normalized spacial score (nSPS) is 11.5. The second-order valence-corrected chi connectivity index (χ2v) is 4.96. The summed E-state index contributed by atoms with van der Waals surface area (Å²) in [4.78, 5) is 4.28. The minimum Gasteiger partial charge on any atom is -0.345 e. The molecule has 2 heterocycles. The first kappa shape index (κ1) is 11.2. The van der Waals surface area contributed by atoms with Crippen LogP contribution in [0.4, 0.5) is 0 Å². The van der Waals surface area contributed by atoms with Gasteiger partial charge in [-0.1, -0.05) is 12.1 Å². The maximum absolute atomic E-state index is 5.00. The zero-order chi connectivity index (χ0) is 12.7. The third-order valence-corrected chi connectivity index (χ3v) is 3.27. The molecule has 0 saturated heterocycles. The van der Waals surface area contributed by atoms with E-state index >= 15 is 0 Å². The van der Waals surface area contributed by atoms with Crippen LogP contribution in [-0.2, 0) is 0 Å². The van der Waals surface area contributed by atoms with Crippen molar-refractivity contribution in [3.63, 3.8) is 0 Å². The van der Waals surface area contributed by atoms with Crippen LogP contribution in [0.3, 0.4) is 0 Å². The van der Waals surface area contributed by atoms with Crippen molar-refractivity contribution in [2.24, 2.45) is 0 Å². The van der Waals surface area contributed by atoms with E-state index in [0.717, 1.165) is 11.4 Å². The fourth-order valence-corrected chi connectivity index (χ4v) is 2.39. The van der Waals surface area contributed by atoms with E-state index in [-0.39, 0.29) is 0 Å². The summed E-state index contributed by atoms with van der Waals surface area (Å²) in [5.41, 5.74) is 2.28. The average molecular weight is 258 g/mol. The van der Waals surface area contributed by atoms with E-state index in [2.05, 4.69) is 58.0 Å². The Bertz CT molecular complexity index is 748. The molecule has 2 N–H and O–H groups in total. The van der Waals surface area contributed by atoms with E-state index in [0.29, 0.717) is 10.8 Å². The topological polar surface area (TPSA) is 49.4 Å². The molecular weight excluding hydrogens is 244 g/mol. The monoisotopic (exact) mass is 258 g/mol. The molecule has 0 spiro atoms. The standard InChI is InChI=1S/C13H14N4S/c1-8(2)17-7-6-9-10(4-3-5-11(9)17)12-14-13(18)16-15-12/h3-8H,1-2H3,(H2,14,15,16,18). The van der Waals surface area contributed by atoms with E-state index in [1.165, 1.54) is 10.9 Å². The van der Waals surface area contributed by atoms with Crippen LogP contribution >= 0.6 is 12.2 Å². The molecule has 92 valence electrons. The first-order valence-electron chi connectivity index (χ1n) is 5.91. The number of aromatic nitrogens is 4. The third-order valence-electron chi connectivity index (χ3n) is 3.08. The zero-order valence-corrected chi connectivity index (χ0v) is 11.1. The lowest BCUT2D eigenvalue weighted by atomic mass is 10.1. The smallest absolute Gasteiger partial charge is 0.213 e. The van der Waals surface area contributed by atoms with Crippen molar-refractivity contribution in [1.82, 2.24) is 19.7 Å². The molecule has 1 aromatic carbocycles. The molecule has 0 bridgehead atoms. The summed E-state index contributed by atoms with van der Waals surface area (Å²) in [6.45, 7) is 4.35. The highest BCUT2D eigenvalue weighted by Gasteiger charge is 2.10. The number of hydrogen-bond donors (Lipinski definition) is 2. The van der Waals surface area contributed by atoms with Crippen molar-refractivity contribution in [1.29, 1.82) is 0 Å². The van der Waals surface area contributed by atoms with Gasteiger partial charge in [0.2, 0.25) is 4.77 Å². The van der Waals surface area contributed by atoms with Gasteiger partial charge in [-0.25, -0.2) is 0 Å². The second kappa shape index (κ2) is 4.10. The summed E-state index contributed by atoms with van der Waals surface area (Å²) in [6.07, 6.45) is 2.11. The summed E-state index contributed by atoms with van der Waals surface area (Å²) in [5, 5.41) is 7.02. The Labute approximate surface area is 110 Å². The van der Waals surface area contributed by atoms with Crippen molar-refractivity contribution >= 4 is 23.1 Å². The first-order valence-corrected chi connectivity index (χ1v) is 6.32. The second-order valence-electron chi connectivity index (χ2n) is 4.57. The maximum atomic E-state index is 5.00. The molecule has 5 heteroatoms. The van der Waals surface area contributed by atoms with Gasteiger partial charge in [0.15, 0.2) is 5.82 Å². The highest BCUT2D eigenvalue weighted by atomic mass is 32.1. The van der Waals surface area contributed by atoms with Crippen molar-refractivity contribution in [2.75, 3.05) is 0 Å². The number of benzene rings is 1. The quantitative estimate of drug-likeness (QED) is 0.689. The summed E-state index contributed by atoms with van der Waals surface area (Å²) >= 11 is 5.00. The summed E-state index contributed by atoms with van der Waals surface area (Å²) in [6, 6.07) is 8.78. The molecule has 0 amide bonds. The van der Waals surface area contributed by atoms with Gasteiger partial charge in [-0.3, -0.25) is 10.2 Å². The Morgan fingerprint density at radius 1 is 1.22 bits per heavy atom. The third kappa shape index (κ3) is 1.67. The van der Waals surface area contributed by atoms with E-state index < -0.39 is 0 Å². The van der Waals surface area contributed by atoms with E-state index in [4.69, 9.17) is 12.2 Å². The molecule has 2 aromatic heterocycles. The van der Waals surface area contributed by atoms with Crippen LogP contribution in [0.25, 0.3) is 22.3 Å². The first-order chi connectivity index (χ1) is 8.66. The number of hydrogen-bond acceptors (Lipinski definition) is 2. The molecule has 3 rings (SSSR count). The number of nitrogens with zero attached hydrogens (tertiary/aromatic N) is 2. The van der Waals surface area contributed by atoms with Crippen molar-refractivity contribution in [3.8, 4) is 11.4 Å². The maximum Gasteiger partial charge on any atom is 0.213 e. The number of nitrogens with one attached hydrogen (secondary N) is 2. The predicted molar refractivity (Wildman–Crippen MR) is 75.1 cm³/mol. The lowest BCUT2D eigenvalue weighted by Crippen LogP contribution is -1.97. The number of rotatable bonds is 2. The van der Waals surface area contributed by atoms with E-state index in [9.17, 15) is 0 Å². The number of fused-ring (bicyclic) bond motifs is 1. The van der Waals surface area contributed by atoms with Gasteiger partial charge < -0.3 is 4.57 Å². The van der Waals surface area contributed by atoms with Crippen LogP contribution < -0.4 is 0 Å². The molecule has 0 unspecified atom stereocenters. The Balaban J connectivity index is 2.28. The molecule has 0 aliphatic rings. The van der Waals surface area contributed by atoms with Gasteiger partial charge in [-0.05, 0) is 38.2 Å². The highest BCUT2D eigenvalue weighted by molar-refractivity contribution is 7.71. The summed E-state index contributed by atoms with van der Waals surface area (Å²) in [5.74, 6) is 0.784. The van der Waals surface area contributed by atoms with E-state index in [1.807, 2.05) is 6.07 Å². The molecule has 0 aliphatic carbocycles. The summed E-state index contributed by atoms with van der Waals surface area (Å²) in [7, 11) is 0. The van der Waals surface area contributed by atoms with Crippen LogP contribution in [0, 0.1) is 4.77 Å². The molecular formula is C13H14N4S. The minimum absolute atomic E-state index is 0.440. The SMILES string of the molecule is CC(C)n1ccc2c(-c3nc(=S)[nH][nH]3)cccc21. The number of aromatic amines is 2. The van der Waals surface area contributed by atoms with Gasteiger partial charge >= 0.3 is 0 Å². The van der Waals surface area contributed by atoms with Gasteiger partial charge in [0.05, 0.1) is 0 Å². The van der Waals surface area contributed by atoms with Crippen LogP contribution in [0.1, 0.15) is 19.9 Å². The molecule has 4 nitrogen and oxygen atoms in total. The van der Waals surface area contributed by atoms with Crippen molar-refractivity contribution in [2.45, 2.75) is 19.9 Å². The van der Waals surface area contributed by atoms with Gasteiger partial charge in [0.1, 0.15) is 0 Å². The van der Waals surface area contributed by atoms with E-state index in [1.54, 1.807) is 0 Å². The largest absolute Gasteiger partial charge is 0.345 e. The zero-order valence-electron chi connectivity index (χ0n) is 10.3. The van der Waals surface area contributed by atoms with Crippen molar-refractivity contribution < 1.29 is 0 Å². The Hall–Kier alpha value is -1.88. The van der Waals surface area contributed by atoms with Crippen LogP contribution in [0.15, 0.2) is 30.5 Å². The average Bonchev–Trinajstić information content (AvgIpc) is 2.94. The van der Waals surface area contributed by atoms with Crippen molar-refractivity contribution in [3.05, 3.63) is 35.2 Å². The van der Waals surface area contributed by atoms with Gasteiger partial charge in [0.25, 0.3) is 0 Å². The molecule has 0 aliphatic heterocycles. The van der Waals surface area contributed by atoms with Gasteiger partial charge in [0, 0.05) is 28.7 Å². The Morgan fingerprint density at radius 3 is 2.72 bits per heavy atom. The molecule has 0 fully saturated rings. The summed E-state index contributed by atoms with van der Waals surface area (Å²) < 4.78 is 2.73. The van der Waals surface area contributed by atoms with Crippen LogP contribution in [0.2, 0.25) is 0 Å². The van der Waals surface area contributed by atoms with Gasteiger partial charge in [-0.2, -0.15) is 4.98 Å². The molecule has 0 radical (unpaired) electrons. The minimum atomic E-state index is 0.440. The molecule has 0 atom stereocenters. The fourth-order valence-electron chi connectivity index (χ4n) is 2.24. The van der Waals surface area contributed by atoms with Crippen LogP contribution in [-0.4, -0.2) is 19.7 Å². The molecule has 18 heavy (non-hydrogen) atoms. The Morgan fingerprint density at radius 2 is 2.06 bits per heavy atom. The molecule has 3 aromatic rings. The molecule has 0 saturated carbocycles. The van der Waals surface area contributed by atoms with Crippen LogP contribution in [0.5, 0.6) is 0 Å². The lowest BCUT2D eigenvalue weighted by molar-refractivity contribution is 0.623. The predicted octanol–water partition coefficient (Wildman–Crippen LogP) is 3.67. The fraction of sp³-hybridized carbons (Fsp3) is 0.231. The Kier molecular flexibility index (Phi) is 2.56. The van der Waals surface area contributed by atoms with Gasteiger partial charge in [-0.15, -0.1) is 0 Å².